The molecular formula is C16H19N3O2. The molecule has 2 aliphatic rings. The Bertz CT molecular complexity index is 562. The van der Waals surface area contributed by atoms with Gasteiger partial charge in [0.2, 0.25) is 5.91 Å². The molecule has 0 saturated heterocycles. The van der Waals surface area contributed by atoms with Crippen molar-refractivity contribution < 1.29 is 9.59 Å². The van der Waals surface area contributed by atoms with Crippen LogP contribution in [0.2, 0.25) is 0 Å². The lowest BCUT2D eigenvalue weighted by atomic mass is 9.88. The number of amidine groups is 1. The molecule has 1 aromatic rings. The highest BCUT2D eigenvalue weighted by atomic mass is 16.2. The van der Waals surface area contributed by atoms with E-state index >= 15 is 0 Å². The van der Waals surface area contributed by atoms with Gasteiger partial charge in [-0.1, -0.05) is 37.5 Å². The van der Waals surface area contributed by atoms with Crippen molar-refractivity contribution in [3.63, 3.8) is 0 Å². The molecule has 0 unspecified atom stereocenters. The van der Waals surface area contributed by atoms with Gasteiger partial charge in [0.25, 0.3) is 5.91 Å². The van der Waals surface area contributed by atoms with Crippen LogP contribution >= 0.6 is 0 Å². The van der Waals surface area contributed by atoms with Crippen molar-refractivity contribution in [1.82, 2.24) is 5.32 Å². The summed E-state index contributed by atoms with van der Waals surface area (Å²) in [6.45, 7) is 0. The Morgan fingerprint density at radius 2 is 1.86 bits per heavy atom. The van der Waals surface area contributed by atoms with Crippen LogP contribution in [0.4, 0.5) is 5.69 Å². The zero-order valence-electron chi connectivity index (χ0n) is 11.9. The van der Waals surface area contributed by atoms with Gasteiger partial charge >= 0.3 is 0 Å². The maximum Gasteiger partial charge on any atom is 0.255 e. The highest BCUT2D eigenvalue weighted by Crippen LogP contribution is 2.24. The number of nitrogens with zero attached hydrogens (tertiary/aromatic N) is 2. The molecule has 5 heteroatoms. The molecule has 1 aliphatic carbocycles. The van der Waals surface area contributed by atoms with Gasteiger partial charge in [-0.25, -0.2) is 0 Å². The first-order chi connectivity index (χ1) is 10.2. The SMILES string of the molecule is O=C(NC1=NN(c2ccccc2)C(=O)C1)C1CCCCC1. The summed E-state index contributed by atoms with van der Waals surface area (Å²) < 4.78 is 0. The van der Waals surface area contributed by atoms with Crippen molar-refractivity contribution in [2.45, 2.75) is 38.5 Å². The minimum absolute atomic E-state index is 0.0103. The number of carbonyl (C=O) groups is 2. The van der Waals surface area contributed by atoms with Crippen LogP contribution in [0, 0.1) is 5.92 Å². The highest BCUT2D eigenvalue weighted by molar-refractivity contribution is 6.15. The van der Waals surface area contributed by atoms with Crippen LogP contribution < -0.4 is 10.3 Å². The highest BCUT2D eigenvalue weighted by Gasteiger charge is 2.28. The van der Waals surface area contributed by atoms with Gasteiger partial charge in [0, 0.05) is 5.92 Å². The van der Waals surface area contributed by atoms with Gasteiger partial charge in [-0.2, -0.15) is 10.1 Å². The van der Waals surface area contributed by atoms with Crippen molar-refractivity contribution in [3.8, 4) is 0 Å². The Kier molecular flexibility index (Phi) is 3.99. The predicted molar refractivity (Wildman–Crippen MR) is 80.7 cm³/mol. The second kappa shape index (κ2) is 6.08. The summed E-state index contributed by atoms with van der Waals surface area (Å²) in [5.41, 5.74) is 0.726. The van der Waals surface area contributed by atoms with E-state index in [1.54, 1.807) is 0 Å². The summed E-state index contributed by atoms with van der Waals surface area (Å²) in [4.78, 5) is 24.2. The number of hydrogen-bond acceptors (Lipinski definition) is 3. The van der Waals surface area contributed by atoms with Crippen LogP contribution in [0.25, 0.3) is 0 Å². The Morgan fingerprint density at radius 1 is 1.14 bits per heavy atom. The average Bonchev–Trinajstić information content (AvgIpc) is 2.89. The number of rotatable bonds is 2. The molecule has 5 nitrogen and oxygen atoms in total. The fourth-order valence-corrected chi connectivity index (χ4v) is 2.88. The lowest BCUT2D eigenvalue weighted by Gasteiger charge is -2.20. The predicted octanol–water partition coefficient (Wildman–Crippen LogP) is 2.43. The lowest BCUT2D eigenvalue weighted by molar-refractivity contribution is -0.124. The Morgan fingerprint density at radius 3 is 2.57 bits per heavy atom. The van der Waals surface area contributed by atoms with Gasteiger partial charge in [-0.3, -0.25) is 9.59 Å². The zero-order chi connectivity index (χ0) is 14.7. The Labute approximate surface area is 124 Å². The molecule has 110 valence electrons. The third-order valence-corrected chi connectivity index (χ3v) is 4.02. The van der Waals surface area contributed by atoms with Crippen LogP contribution in [0.15, 0.2) is 35.4 Å². The number of hydrogen-bond donors (Lipinski definition) is 1. The minimum atomic E-state index is -0.111. The van der Waals surface area contributed by atoms with Crippen molar-refractivity contribution in [3.05, 3.63) is 30.3 Å². The van der Waals surface area contributed by atoms with E-state index in [4.69, 9.17) is 0 Å². The molecule has 2 amide bonds. The first-order valence-corrected chi connectivity index (χ1v) is 7.50. The normalized spacial score (nSPS) is 19.5. The number of benzene rings is 1. The van der Waals surface area contributed by atoms with Crippen molar-refractivity contribution in [1.29, 1.82) is 0 Å². The molecule has 1 N–H and O–H groups in total. The van der Waals surface area contributed by atoms with Crippen LogP contribution in [0.5, 0.6) is 0 Å². The topological polar surface area (TPSA) is 61.8 Å². The molecule has 21 heavy (non-hydrogen) atoms. The second-order valence-corrected chi connectivity index (χ2v) is 5.59. The smallest absolute Gasteiger partial charge is 0.255 e. The molecule has 1 saturated carbocycles. The maximum atomic E-state index is 12.2. The Balaban J connectivity index is 1.66. The van der Waals surface area contributed by atoms with Crippen LogP contribution in [0.3, 0.4) is 0 Å². The number of amides is 2. The van der Waals surface area contributed by atoms with Crippen LogP contribution in [-0.4, -0.2) is 17.6 Å². The third-order valence-electron chi connectivity index (χ3n) is 4.02. The van der Waals surface area contributed by atoms with Crippen molar-refractivity contribution in [2.24, 2.45) is 11.0 Å². The standard InChI is InChI=1S/C16H19N3O2/c20-15-11-14(17-16(21)12-7-3-1-4-8-12)18-19(15)13-9-5-2-6-10-13/h2,5-6,9-10,12H,1,3-4,7-8,11H2,(H,17,18,21). The number of nitrogens with one attached hydrogen (secondary N) is 1. The zero-order valence-corrected chi connectivity index (χ0v) is 11.9. The van der Waals surface area contributed by atoms with E-state index in [1.165, 1.54) is 11.4 Å². The molecule has 0 atom stereocenters. The molecule has 3 rings (SSSR count). The van der Waals surface area contributed by atoms with E-state index in [2.05, 4.69) is 10.4 Å². The van der Waals surface area contributed by atoms with E-state index in [-0.39, 0.29) is 24.2 Å². The number of hydrazone groups is 1. The van der Waals surface area contributed by atoms with Gasteiger partial charge in [-0.15, -0.1) is 0 Å². The molecule has 1 fully saturated rings. The number of para-hydroxylation sites is 1. The lowest BCUT2D eigenvalue weighted by Crippen LogP contribution is -2.36. The first-order valence-electron chi connectivity index (χ1n) is 7.50. The summed E-state index contributed by atoms with van der Waals surface area (Å²) in [7, 11) is 0. The number of anilines is 1. The van der Waals surface area contributed by atoms with E-state index in [1.807, 2.05) is 30.3 Å². The van der Waals surface area contributed by atoms with Gasteiger partial charge < -0.3 is 5.32 Å². The molecule has 0 bridgehead atoms. The summed E-state index contributed by atoms with van der Waals surface area (Å²) in [5, 5.41) is 8.43. The quantitative estimate of drug-likeness (QED) is 0.907. The average molecular weight is 285 g/mol. The van der Waals surface area contributed by atoms with Crippen molar-refractivity contribution >= 4 is 23.3 Å². The first kappa shape index (κ1) is 13.8. The van der Waals surface area contributed by atoms with Crippen LogP contribution in [0.1, 0.15) is 38.5 Å². The second-order valence-electron chi connectivity index (χ2n) is 5.59. The minimum Gasteiger partial charge on any atom is -0.312 e. The van der Waals surface area contributed by atoms with E-state index < -0.39 is 0 Å². The van der Waals surface area contributed by atoms with E-state index in [0.717, 1.165) is 31.4 Å². The fourth-order valence-electron chi connectivity index (χ4n) is 2.88. The summed E-state index contributed by atoms with van der Waals surface area (Å²) >= 11 is 0. The van der Waals surface area contributed by atoms with Gasteiger partial charge in [-0.05, 0) is 25.0 Å². The van der Waals surface area contributed by atoms with E-state index in [0.29, 0.717) is 5.84 Å². The maximum absolute atomic E-state index is 12.2. The number of carbonyl (C=O) groups excluding carboxylic acids is 2. The molecule has 1 aromatic carbocycles. The molecule has 0 spiro atoms. The molecule has 1 aliphatic heterocycles. The Hall–Kier alpha value is -2.17. The summed E-state index contributed by atoms with van der Waals surface area (Å²) in [6.07, 6.45) is 5.47. The third kappa shape index (κ3) is 3.12. The van der Waals surface area contributed by atoms with Crippen molar-refractivity contribution in [2.75, 3.05) is 5.01 Å². The molecule has 1 heterocycles. The molecular weight excluding hydrogens is 266 g/mol. The van der Waals surface area contributed by atoms with Crippen LogP contribution in [-0.2, 0) is 9.59 Å². The van der Waals surface area contributed by atoms with Gasteiger partial charge in [0.1, 0.15) is 5.84 Å². The summed E-state index contributed by atoms with van der Waals surface area (Å²) in [6, 6.07) is 9.26. The van der Waals surface area contributed by atoms with Gasteiger partial charge in [0.15, 0.2) is 0 Å². The molecule has 0 radical (unpaired) electrons. The fraction of sp³-hybridized carbons (Fsp3) is 0.438. The molecule has 0 aromatic heterocycles. The monoisotopic (exact) mass is 285 g/mol. The largest absolute Gasteiger partial charge is 0.312 e. The van der Waals surface area contributed by atoms with Gasteiger partial charge in [0.05, 0.1) is 12.1 Å². The van der Waals surface area contributed by atoms with E-state index in [9.17, 15) is 9.59 Å². The summed E-state index contributed by atoms with van der Waals surface area (Å²) in [5.74, 6) is 0.429.